The molecular formula is C27H36ClN3O4S. The van der Waals surface area contributed by atoms with E-state index in [1.165, 1.54) is 4.90 Å². The van der Waals surface area contributed by atoms with Gasteiger partial charge in [0.15, 0.2) is 0 Å². The van der Waals surface area contributed by atoms with Crippen molar-refractivity contribution in [2.45, 2.75) is 71.0 Å². The van der Waals surface area contributed by atoms with E-state index in [1.807, 2.05) is 26.0 Å². The van der Waals surface area contributed by atoms with Gasteiger partial charge in [0.1, 0.15) is 12.6 Å². The first-order valence-electron chi connectivity index (χ1n) is 12.4. The van der Waals surface area contributed by atoms with E-state index in [1.54, 1.807) is 43.3 Å². The lowest BCUT2D eigenvalue weighted by molar-refractivity contribution is -0.139. The molecule has 7 nitrogen and oxygen atoms in total. The number of nitrogens with zero attached hydrogens (tertiary/aromatic N) is 2. The van der Waals surface area contributed by atoms with Gasteiger partial charge in [-0.05, 0) is 55.0 Å². The summed E-state index contributed by atoms with van der Waals surface area (Å²) in [4.78, 5) is 28.3. The van der Waals surface area contributed by atoms with E-state index in [9.17, 15) is 18.0 Å². The molecule has 2 amide bonds. The van der Waals surface area contributed by atoms with Crippen LogP contribution in [0, 0.1) is 0 Å². The Kier molecular flexibility index (Phi) is 9.41. The van der Waals surface area contributed by atoms with E-state index >= 15 is 0 Å². The standard InChI is InChI=1S/C27H36ClN3O4S/c1-19(2)24-11-7-8-12-25(24)31(36(4,34)35)18-26(32)30(17-21-13-15-22(28)16-14-21)20(3)27(33)29-23-9-5-6-10-23/h7-8,11-16,19-20,23H,5-6,9-10,17-18H2,1-4H3,(H,29,33)/t20-/m1/s1. The summed E-state index contributed by atoms with van der Waals surface area (Å²) in [6.45, 7) is 5.38. The van der Waals surface area contributed by atoms with Crippen molar-refractivity contribution in [3.05, 3.63) is 64.7 Å². The van der Waals surface area contributed by atoms with Gasteiger partial charge in [0, 0.05) is 17.6 Å². The van der Waals surface area contributed by atoms with Crippen LogP contribution in [-0.4, -0.2) is 50.0 Å². The number of anilines is 1. The van der Waals surface area contributed by atoms with Gasteiger partial charge in [0.25, 0.3) is 0 Å². The molecule has 36 heavy (non-hydrogen) atoms. The number of para-hydroxylation sites is 1. The molecule has 1 atom stereocenters. The van der Waals surface area contributed by atoms with Crippen molar-refractivity contribution >= 4 is 39.1 Å². The minimum absolute atomic E-state index is 0.0573. The van der Waals surface area contributed by atoms with E-state index in [4.69, 9.17) is 11.6 Å². The third-order valence-corrected chi connectivity index (χ3v) is 8.02. The van der Waals surface area contributed by atoms with Crippen LogP contribution >= 0.6 is 11.6 Å². The van der Waals surface area contributed by atoms with E-state index in [0.717, 1.165) is 47.4 Å². The zero-order valence-corrected chi connectivity index (χ0v) is 23.0. The first kappa shape index (κ1) is 28.0. The molecule has 2 aromatic carbocycles. The molecule has 1 aliphatic carbocycles. The van der Waals surface area contributed by atoms with Crippen molar-refractivity contribution < 1.29 is 18.0 Å². The Bertz CT molecular complexity index is 1160. The van der Waals surface area contributed by atoms with Gasteiger partial charge >= 0.3 is 0 Å². The minimum Gasteiger partial charge on any atom is -0.352 e. The van der Waals surface area contributed by atoms with Gasteiger partial charge in [0.2, 0.25) is 21.8 Å². The van der Waals surface area contributed by atoms with Gasteiger partial charge in [-0.15, -0.1) is 0 Å². The molecule has 0 radical (unpaired) electrons. The van der Waals surface area contributed by atoms with Crippen LogP contribution in [0.15, 0.2) is 48.5 Å². The molecule has 0 saturated heterocycles. The van der Waals surface area contributed by atoms with Crippen LogP contribution in [0.2, 0.25) is 5.02 Å². The summed E-state index contributed by atoms with van der Waals surface area (Å²) in [5, 5.41) is 3.63. The third kappa shape index (κ3) is 7.23. The molecule has 1 aliphatic rings. The predicted octanol–water partition coefficient (Wildman–Crippen LogP) is 4.71. The Balaban J connectivity index is 1.92. The fourth-order valence-corrected chi connectivity index (χ4v) is 5.55. The van der Waals surface area contributed by atoms with E-state index in [-0.39, 0.29) is 24.4 Å². The second-order valence-corrected chi connectivity index (χ2v) is 12.1. The molecule has 1 fully saturated rings. The van der Waals surface area contributed by atoms with Crippen molar-refractivity contribution in [2.24, 2.45) is 0 Å². The van der Waals surface area contributed by atoms with Gasteiger partial charge in [0.05, 0.1) is 11.9 Å². The quantitative estimate of drug-likeness (QED) is 0.479. The van der Waals surface area contributed by atoms with E-state index in [0.29, 0.717) is 10.7 Å². The molecule has 0 aromatic heterocycles. The van der Waals surface area contributed by atoms with Crippen molar-refractivity contribution in [3.63, 3.8) is 0 Å². The maximum Gasteiger partial charge on any atom is 0.244 e. The van der Waals surface area contributed by atoms with Gasteiger partial charge in [-0.1, -0.05) is 68.6 Å². The molecule has 1 N–H and O–H groups in total. The van der Waals surface area contributed by atoms with Crippen LogP contribution < -0.4 is 9.62 Å². The summed E-state index contributed by atoms with van der Waals surface area (Å²) in [6.07, 6.45) is 5.10. The number of hydrogen-bond acceptors (Lipinski definition) is 4. The number of carbonyl (C=O) groups is 2. The lowest BCUT2D eigenvalue weighted by Gasteiger charge is -2.32. The Morgan fingerprint density at radius 3 is 2.22 bits per heavy atom. The van der Waals surface area contributed by atoms with E-state index in [2.05, 4.69) is 5.32 Å². The minimum atomic E-state index is -3.78. The van der Waals surface area contributed by atoms with Gasteiger partial charge in [-0.25, -0.2) is 8.42 Å². The molecule has 0 spiro atoms. The number of halogens is 1. The fourth-order valence-electron chi connectivity index (χ4n) is 4.56. The highest BCUT2D eigenvalue weighted by Gasteiger charge is 2.32. The molecule has 2 aromatic rings. The zero-order chi connectivity index (χ0) is 26.5. The summed E-state index contributed by atoms with van der Waals surface area (Å²) in [7, 11) is -3.78. The second-order valence-electron chi connectivity index (χ2n) is 9.80. The summed E-state index contributed by atoms with van der Waals surface area (Å²) in [5.41, 5.74) is 2.09. The molecule has 9 heteroatoms. The lowest BCUT2D eigenvalue weighted by Crippen LogP contribution is -2.52. The molecular weight excluding hydrogens is 498 g/mol. The molecule has 0 heterocycles. The van der Waals surface area contributed by atoms with Crippen LogP contribution in [0.1, 0.15) is 63.5 Å². The summed E-state index contributed by atoms with van der Waals surface area (Å²) in [5.74, 6) is -0.637. The van der Waals surface area contributed by atoms with Gasteiger partial charge in [-0.3, -0.25) is 13.9 Å². The first-order chi connectivity index (χ1) is 17.0. The van der Waals surface area contributed by atoms with Crippen molar-refractivity contribution in [3.8, 4) is 0 Å². The monoisotopic (exact) mass is 533 g/mol. The van der Waals surface area contributed by atoms with Crippen LogP contribution in [0.4, 0.5) is 5.69 Å². The zero-order valence-electron chi connectivity index (χ0n) is 21.4. The number of benzene rings is 2. The molecule has 196 valence electrons. The van der Waals surface area contributed by atoms with Gasteiger partial charge < -0.3 is 10.2 Å². The number of rotatable bonds is 10. The summed E-state index contributed by atoms with van der Waals surface area (Å²) < 4.78 is 26.9. The van der Waals surface area contributed by atoms with Crippen molar-refractivity contribution in [1.82, 2.24) is 10.2 Å². The van der Waals surface area contributed by atoms with Gasteiger partial charge in [-0.2, -0.15) is 0 Å². The third-order valence-electron chi connectivity index (χ3n) is 6.64. The second kappa shape index (κ2) is 12.1. The summed E-state index contributed by atoms with van der Waals surface area (Å²) >= 11 is 6.03. The van der Waals surface area contributed by atoms with Crippen LogP contribution in [0.5, 0.6) is 0 Å². The number of hydrogen-bond donors (Lipinski definition) is 1. The Morgan fingerprint density at radius 2 is 1.64 bits per heavy atom. The van der Waals surface area contributed by atoms with Crippen molar-refractivity contribution in [2.75, 3.05) is 17.1 Å². The molecule has 0 unspecified atom stereocenters. The number of nitrogens with one attached hydrogen (secondary N) is 1. The maximum atomic E-state index is 13.7. The fraction of sp³-hybridized carbons (Fsp3) is 0.481. The number of amides is 2. The van der Waals surface area contributed by atoms with Crippen molar-refractivity contribution in [1.29, 1.82) is 0 Å². The Hall–Kier alpha value is -2.58. The number of sulfonamides is 1. The highest BCUT2D eigenvalue weighted by Crippen LogP contribution is 2.29. The Morgan fingerprint density at radius 1 is 1.03 bits per heavy atom. The Labute approximate surface area is 219 Å². The number of carbonyl (C=O) groups excluding carboxylic acids is 2. The first-order valence-corrected chi connectivity index (χ1v) is 14.6. The maximum absolute atomic E-state index is 13.7. The molecule has 0 bridgehead atoms. The van der Waals surface area contributed by atoms with Crippen LogP contribution in [0.25, 0.3) is 0 Å². The largest absolute Gasteiger partial charge is 0.352 e. The highest BCUT2D eigenvalue weighted by molar-refractivity contribution is 7.92. The topological polar surface area (TPSA) is 86.8 Å². The van der Waals surface area contributed by atoms with Crippen LogP contribution in [0.3, 0.4) is 0 Å². The lowest BCUT2D eigenvalue weighted by atomic mass is 10.0. The normalized spacial score (nSPS) is 15.1. The molecule has 0 aliphatic heterocycles. The average molecular weight is 534 g/mol. The average Bonchev–Trinajstić information content (AvgIpc) is 3.33. The molecule has 3 rings (SSSR count). The molecule has 1 saturated carbocycles. The highest BCUT2D eigenvalue weighted by atomic mass is 35.5. The van der Waals surface area contributed by atoms with Crippen LogP contribution in [-0.2, 0) is 26.2 Å². The SMILES string of the molecule is CC(C)c1ccccc1N(CC(=O)N(Cc1ccc(Cl)cc1)[C@H](C)C(=O)NC1CCCC1)S(C)(=O)=O. The predicted molar refractivity (Wildman–Crippen MR) is 145 cm³/mol. The van der Waals surface area contributed by atoms with E-state index < -0.39 is 28.5 Å². The smallest absolute Gasteiger partial charge is 0.244 e. The summed E-state index contributed by atoms with van der Waals surface area (Å²) in [6, 6.07) is 13.6.